The Bertz CT molecular complexity index is 4520. The highest BCUT2D eigenvalue weighted by Gasteiger charge is 2.23. The molecule has 0 unspecified atom stereocenters. The third-order valence-electron chi connectivity index (χ3n) is 13.8. The summed E-state index contributed by atoms with van der Waals surface area (Å²) in [5, 5.41) is 5.78. The summed E-state index contributed by atoms with van der Waals surface area (Å²) in [6.07, 6.45) is 5.17. The molecule has 0 aliphatic heterocycles. The van der Waals surface area contributed by atoms with Gasteiger partial charge in [0.1, 0.15) is 39.1 Å². The summed E-state index contributed by atoms with van der Waals surface area (Å²) in [5.74, 6) is 0. The first kappa shape index (κ1) is 43.1. The molecule has 72 heavy (non-hydrogen) atoms. The molecule has 0 N–H and O–H groups in total. The standard InChI is InChI=1S/C31H19N3O.C18H11BrO.C14H10N2.B/c1-3-12-26-25(9-1)29-31(33-19-6-5-14-28(33)32-29)34(26)21-17-15-20(16-18-21)22-10-7-11-24-23-8-2-4-13-27(23)35-30(22)24;19-13-10-8-12(9-11-13)14-5-3-6-16-15-4-1-2-7-17(15)20-18(14)16;1-2-6-11-10(5-1)9-12-14(11)15-13-7-3-4-8-16(12)13;/h1-19H;1-11H;1-8H,9H2;. The first-order chi connectivity index (χ1) is 35.1. The SMILES string of the molecule is Brc1ccc(-c2cccc3c2oc2ccccc23)cc1.[B].c1ccc2c(c1)Cc1c-2nc2ccccn12.c1ccc2c(c1)oc1c(-c3ccc(-n4c5ccccc5c5nc6ccccn6c54)cc3)cccc12. The van der Waals surface area contributed by atoms with Crippen LogP contribution in [0.5, 0.6) is 0 Å². The van der Waals surface area contributed by atoms with E-state index in [0.29, 0.717) is 0 Å². The summed E-state index contributed by atoms with van der Waals surface area (Å²) >= 11 is 3.47. The molecule has 15 aromatic rings. The summed E-state index contributed by atoms with van der Waals surface area (Å²) in [6, 6.07) is 75.4. The number of fused-ring (bicyclic) bond motifs is 16. The van der Waals surface area contributed by atoms with E-state index in [1.807, 2.05) is 48.5 Å². The maximum absolute atomic E-state index is 6.28. The highest BCUT2D eigenvalue weighted by Crippen LogP contribution is 2.40. The minimum Gasteiger partial charge on any atom is -0.455 e. The fourth-order valence-corrected chi connectivity index (χ4v) is 10.8. The molecular weight excluding hydrogens is 949 g/mol. The Morgan fingerprint density at radius 3 is 1.61 bits per heavy atom. The van der Waals surface area contributed by atoms with E-state index >= 15 is 0 Å². The molecule has 8 aromatic carbocycles. The third-order valence-corrected chi connectivity index (χ3v) is 14.3. The molecule has 16 rings (SSSR count). The van der Waals surface area contributed by atoms with E-state index in [9.17, 15) is 0 Å². The van der Waals surface area contributed by atoms with Gasteiger partial charge in [0.05, 0.1) is 16.9 Å². The first-order valence-electron chi connectivity index (χ1n) is 23.7. The van der Waals surface area contributed by atoms with Crippen molar-refractivity contribution >= 4 is 102 Å². The summed E-state index contributed by atoms with van der Waals surface area (Å²) in [5.41, 5.74) is 19.7. The van der Waals surface area contributed by atoms with Crippen LogP contribution in [-0.2, 0) is 6.42 Å². The summed E-state index contributed by atoms with van der Waals surface area (Å²) in [7, 11) is 0. The van der Waals surface area contributed by atoms with E-state index in [1.165, 1.54) is 27.6 Å². The fourth-order valence-electron chi connectivity index (χ4n) is 10.5. The van der Waals surface area contributed by atoms with Crippen molar-refractivity contribution in [3.8, 4) is 39.2 Å². The molecule has 0 fully saturated rings. The Morgan fingerprint density at radius 1 is 0.431 bits per heavy atom. The van der Waals surface area contributed by atoms with Crippen molar-refractivity contribution < 1.29 is 8.83 Å². The molecule has 0 saturated carbocycles. The molecule has 0 bridgehead atoms. The minimum absolute atomic E-state index is 0. The van der Waals surface area contributed by atoms with Crippen molar-refractivity contribution in [1.82, 2.24) is 23.3 Å². The number of aromatic nitrogens is 5. The lowest BCUT2D eigenvalue weighted by Gasteiger charge is -2.10. The van der Waals surface area contributed by atoms with Gasteiger partial charge in [0, 0.05) is 81.0 Å². The van der Waals surface area contributed by atoms with E-state index in [2.05, 4.69) is 212 Å². The van der Waals surface area contributed by atoms with Crippen LogP contribution in [0.25, 0.3) is 116 Å². The van der Waals surface area contributed by atoms with E-state index in [-0.39, 0.29) is 8.41 Å². The second-order valence-electron chi connectivity index (χ2n) is 17.9. The van der Waals surface area contributed by atoms with Gasteiger partial charge in [-0.3, -0.25) is 8.97 Å². The number of pyridine rings is 2. The quantitative estimate of drug-likeness (QED) is 0.165. The molecule has 7 aromatic heterocycles. The molecule has 7 heterocycles. The fraction of sp³-hybridized carbons (Fsp3) is 0.0159. The average Bonchev–Trinajstić information content (AvgIpc) is 4.29. The zero-order valence-corrected chi connectivity index (χ0v) is 40.2. The summed E-state index contributed by atoms with van der Waals surface area (Å²) < 4.78 is 20.1. The van der Waals surface area contributed by atoms with Gasteiger partial charge in [-0.25, -0.2) is 9.97 Å². The van der Waals surface area contributed by atoms with Crippen LogP contribution < -0.4 is 0 Å². The zero-order valence-electron chi connectivity index (χ0n) is 38.7. The minimum atomic E-state index is 0. The largest absolute Gasteiger partial charge is 0.455 e. The maximum Gasteiger partial charge on any atom is 0.150 e. The Hall–Kier alpha value is -8.92. The van der Waals surface area contributed by atoms with Crippen LogP contribution in [0.2, 0.25) is 0 Å². The Labute approximate surface area is 423 Å². The lowest BCUT2D eigenvalue weighted by molar-refractivity contribution is 0.669. The van der Waals surface area contributed by atoms with Crippen LogP contribution in [0.15, 0.2) is 244 Å². The number of nitrogens with zero attached hydrogens (tertiary/aromatic N) is 5. The van der Waals surface area contributed by atoms with Gasteiger partial charge in [0.15, 0.2) is 5.65 Å². The number of hydrogen-bond donors (Lipinski definition) is 0. The van der Waals surface area contributed by atoms with Gasteiger partial charge in [-0.1, -0.05) is 168 Å². The number of rotatable bonds is 3. The Kier molecular flexibility index (Phi) is 10.5. The second-order valence-corrected chi connectivity index (χ2v) is 18.8. The molecule has 1 aliphatic rings. The topological polar surface area (TPSA) is 65.8 Å². The summed E-state index contributed by atoms with van der Waals surface area (Å²) in [4.78, 5) is 9.64. The molecule has 0 saturated heterocycles. The number of hydrogen-bond acceptors (Lipinski definition) is 4. The number of furan rings is 2. The average molecular weight is 990 g/mol. The molecule has 0 atom stereocenters. The predicted molar refractivity (Wildman–Crippen MR) is 298 cm³/mol. The number of benzene rings is 8. The van der Waals surface area contributed by atoms with Crippen LogP contribution in [0, 0.1) is 0 Å². The van der Waals surface area contributed by atoms with E-state index in [1.54, 1.807) is 0 Å². The second kappa shape index (κ2) is 17.5. The van der Waals surface area contributed by atoms with Crippen LogP contribution in [0.4, 0.5) is 0 Å². The molecule has 9 heteroatoms. The zero-order chi connectivity index (χ0) is 47.0. The van der Waals surface area contributed by atoms with Crippen molar-refractivity contribution in [3.63, 3.8) is 0 Å². The summed E-state index contributed by atoms with van der Waals surface area (Å²) in [6.45, 7) is 0. The van der Waals surface area contributed by atoms with Gasteiger partial charge in [0.2, 0.25) is 0 Å². The lowest BCUT2D eigenvalue weighted by atomic mass is 10.0. The van der Waals surface area contributed by atoms with Crippen molar-refractivity contribution in [1.29, 1.82) is 0 Å². The molecule has 0 amide bonds. The smallest absolute Gasteiger partial charge is 0.150 e. The van der Waals surface area contributed by atoms with E-state index in [0.717, 1.165) is 111 Å². The lowest BCUT2D eigenvalue weighted by Crippen LogP contribution is -1.97. The molecule has 1 aliphatic carbocycles. The predicted octanol–water partition coefficient (Wildman–Crippen LogP) is 16.5. The van der Waals surface area contributed by atoms with Gasteiger partial charge >= 0.3 is 0 Å². The Balaban J connectivity index is 0.000000115. The van der Waals surface area contributed by atoms with E-state index < -0.39 is 0 Å². The monoisotopic (exact) mass is 988 g/mol. The number of halogens is 1. The van der Waals surface area contributed by atoms with Crippen molar-refractivity contribution in [3.05, 3.63) is 247 Å². The van der Waals surface area contributed by atoms with Crippen LogP contribution in [0.1, 0.15) is 11.3 Å². The molecule has 7 nitrogen and oxygen atoms in total. The normalized spacial score (nSPS) is 11.8. The van der Waals surface area contributed by atoms with Gasteiger partial charge in [-0.15, -0.1) is 0 Å². The maximum atomic E-state index is 6.28. The molecule has 3 radical (unpaired) electrons. The molecule has 339 valence electrons. The molecule has 0 spiro atoms. The van der Waals surface area contributed by atoms with Crippen molar-refractivity contribution in [2.45, 2.75) is 6.42 Å². The van der Waals surface area contributed by atoms with Crippen LogP contribution in [-0.4, -0.2) is 31.7 Å². The number of imidazole rings is 2. The van der Waals surface area contributed by atoms with Crippen LogP contribution >= 0.6 is 15.9 Å². The first-order valence-corrected chi connectivity index (χ1v) is 24.5. The van der Waals surface area contributed by atoms with Gasteiger partial charge in [0.25, 0.3) is 0 Å². The Morgan fingerprint density at radius 2 is 0.944 bits per heavy atom. The van der Waals surface area contributed by atoms with Gasteiger partial charge in [-0.05, 0) is 83.4 Å². The number of para-hydroxylation sites is 5. The van der Waals surface area contributed by atoms with E-state index in [4.69, 9.17) is 18.8 Å². The van der Waals surface area contributed by atoms with Crippen molar-refractivity contribution in [2.75, 3.05) is 0 Å². The third kappa shape index (κ3) is 7.03. The van der Waals surface area contributed by atoms with Crippen LogP contribution in [0.3, 0.4) is 0 Å². The highest BCUT2D eigenvalue weighted by atomic mass is 79.9. The molecular formula is C63H40BBrN5O2. The van der Waals surface area contributed by atoms with Gasteiger partial charge < -0.3 is 13.2 Å². The van der Waals surface area contributed by atoms with Crippen molar-refractivity contribution in [2.24, 2.45) is 0 Å². The van der Waals surface area contributed by atoms with Gasteiger partial charge in [-0.2, -0.15) is 0 Å². The highest BCUT2D eigenvalue weighted by molar-refractivity contribution is 9.10.